The lowest BCUT2D eigenvalue weighted by Crippen LogP contribution is -2.18. The van der Waals surface area contributed by atoms with Gasteiger partial charge in [0.1, 0.15) is 0 Å². The summed E-state index contributed by atoms with van der Waals surface area (Å²) in [4.78, 5) is 1.46. The van der Waals surface area contributed by atoms with Crippen LogP contribution in [-0.4, -0.2) is 0 Å². The van der Waals surface area contributed by atoms with E-state index in [1.165, 1.54) is 26.8 Å². The molecule has 1 heterocycles. The highest BCUT2D eigenvalue weighted by molar-refractivity contribution is 7.10. The first-order valence-electron chi connectivity index (χ1n) is 7.55. The zero-order valence-electron chi connectivity index (χ0n) is 12.6. The Bertz CT molecular complexity index is 729. The average Bonchev–Trinajstić information content (AvgIpc) is 2.99. The van der Waals surface area contributed by atoms with E-state index in [-0.39, 0.29) is 0 Å². The van der Waals surface area contributed by atoms with Crippen molar-refractivity contribution in [3.05, 3.63) is 69.9 Å². The van der Waals surface area contributed by atoms with E-state index >= 15 is 0 Å². The van der Waals surface area contributed by atoms with E-state index in [1.54, 1.807) is 0 Å². The summed E-state index contributed by atoms with van der Waals surface area (Å²) >= 11 is 1.85. The van der Waals surface area contributed by atoms with Crippen molar-refractivity contribution in [1.82, 2.24) is 5.32 Å². The molecule has 0 spiro atoms. The minimum atomic E-state index is 0.362. The number of aryl methyl sites for hydroxylation is 1. The molecule has 3 rings (SSSR count). The van der Waals surface area contributed by atoms with Gasteiger partial charge in [0.25, 0.3) is 0 Å². The van der Waals surface area contributed by atoms with Gasteiger partial charge in [-0.3, -0.25) is 0 Å². The van der Waals surface area contributed by atoms with Gasteiger partial charge in [0, 0.05) is 17.5 Å². The van der Waals surface area contributed by atoms with Crippen LogP contribution >= 0.6 is 11.3 Å². The molecule has 0 saturated carbocycles. The van der Waals surface area contributed by atoms with Crippen LogP contribution in [0.1, 0.15) is 35.9 Å². The van der Waals surface area contributed by atoms with E-state index in [0.29, 0.717) is 6.04 Å². The maximum Gasteiger partial charge on any atom is 0.0308 e. The van der Waals surface area contributed by atoms with Gasteiger partial charge in [0.05, 0.1) is 0 Å². The number of hydrogen-bond acceptors (Lipinski definition) is 2. The molecule has 1 unspecified atom stereocenters. The van der Waals surface area contributed by atoms with Gasteiger partial charge in [-0.1, -0.05) is 43.3 Å². The summed E-state index contributed by atoms with van der Waals surface area (Å²) in [7, 11) is 0. The van der Waals surface area contributed by atoms with Gasteiger partial charge in [-0.15, -0.1) is 11.3 Å². The van der Waals surface area contributed by atoms with Gasteiger partial charge in [-0.2, -0.15) is 0 Å². The average molecular weight is 295 g/mol. The van der Waals surface area contributed by atoms with Crippen molar-refractivity contribution < 1.29 is 0 Å². The monoisotopic (exact) mass is 295 g/mol. The van der Waals surface area contributed by atoms with Gasteiger partial charge in [-0.25, -0.2) is 0 Å². The van der Waals surface area contributed by atoms with E-state index in [9.17, 15) is 0 Å². The highest BCUT2D eigenvalue weighted by Gasteiger charge is 2.08. The van der Waals surface area contributed by atoms with Crippen molar-refractivity contribution in [2.24, 2.45) is 0 Å². The zero-order chi connectivity index (χ0) is 14.7. The highest BCUT2D eigenvalue weighted by Crippen LogP contribution is 2.22. The number of thiophene rings is 1. The number of hydrogen-bond donors (Lipinski definition) is 1. The molecule has 0 amide bonds. The molecule has 0 saturated heterocycles. The molecule has 0 aliphatic rings. The topological polar surface area (TPSA) is 12.0 Å². The lowest BCUT2D eigenvalue weighted by atomic mass is 10.0. The minimum absolute atomic E-state index is 0.362. The maximum absolute atomic E-state index is 3.65. The lowest BCUT2D eigenvalue weighted by molar-refractivity contribution is 0.577. The number of fused-ring (bicyclic) bond motifs is 1. The van der Waals surface area contributed by atoms with Crippen LogP contribution in [0.2, 0.25) is 0 Å². The second-order valence-electron chi connectivity index (χ2n) is 5.43. The number of benzene rings is 2. The van der Waals surface area contributed by atoms with Gasteiger partial charge < -0.3 is 5.32 Å². The molecular formula is C19H21NS. The molecule has 0 aliphatic carbocycles. The summed E-state index contributed by atoms with van der Waals surface area (Å²) < 4.78 is 0. The van der Waals surface area contributed by atoms with Crippen molar-refractivity contribution in [3.8, 4) is 0 Å². The molecule has 108 valence electrons. The summed E-state index contributed by atoms with van der Waals surface area (Å²) in [5.41, 5.74) is 2.82. The molecule has 1 aromatic heterocycles. The first-order chi connectivity index (χ1) is 10.3. The van der Waals surface area contributed by atoms with E-state index in [2.05, 4.69) is 73.1 Å². The summed E-state index contributed by atoms with van der Waals surface area (Å²) in [5, 5.41) is 8.46. The molecule has 0 radical (unpaired) electrons. The van der Waals surface area contributed by atoms with Crippen LogP contribution < -0.4 is 5.32 Å². The number of nitrogens with one attached hydrogen (secondary N) is 1. The van der Waals surface area contributed by atoms with Crippen molar-refractivity contribution in [2.45, 2.75) is 32.9 Å². The Hall–Kier alpha value is -1.64. The highest BCUT2D eigenvalue weighted by atomic mass is 32.1. The molecular weight excluding hydrogens is 274 g/mol. The van der Waals surface area contributed by atoms with E-state index in [1.807, 2.05) is 11.3 Å². The third kappa shape index (κ3) is 3.17. The van der Waals surface area contributed by atoms with Crippen LogP contribution in [0.4, 0.5) is 0 Å². The van der Waals surface area contributed by atoms with Crippen molar-refractivity contribution in [1.29, 1.82) is 0 Å². The summed E-state index contributed by atoms with van der Waals surface area (Å²) in [6.07, 6.45) is 1.12. The molecule has 1 atom stereocenters. The Kier molecular flexibility index (Phi) is 4.37. The third-order valence-corrected chi connectivity index (χ3v) is 5.02. The molecule has 3 aromatic rings. The predicted octanol–water partition coefficient (Wildman–Crippen LogP) is 5.31. The first kappa shape index (κ1) is 14.3. The second-order valence-corrected chi connectivity index (χ2v) is 6.43. The van der Waals surface area contributed by atoms with Crippen LogP contribution in [0.3, 0.4) is 0 Å². The molecule has 1 N–H and O–H groups in total. The molecule has 0 fully saturated rings. The normalized spacial score (nSPS) is 12.7. The van der Waals surface area contributed by atoms with E-state index in [4.69, 9.17) is 0 Å². The summed E-state index contributed by atoms with van der Waals surface area (Å²) in [6, 6.07) is 17.9. The van der Waals surface area contributed by atoms with Crippen LogP contribution in [0.25, 0.3) is 10.8 Å². The Labute approximate surface area is 130 Å². The largest absolute Gasteiger partial charge is 0.305 e. The van der Waals surface area contributed by atoms with Crippen LogP contribution in [0.15, 0.2) is 53.9 Å². The number of rotatable bonds is 5. The van der Waals surface area contributed by atoms with E-state index < -0.39 is 0 Å². The Morgan fingerprint density at radius 2 is 1.86 bits per heavy atom. The molecule has 2 heteroatoms. The van der Waals surface area contributed by atoms with Gasteiger partial charge in [0.2, 0.25) is 0 Å². The molecule has 0 bridgehead atoms. The maximum atomic E-state index is 3.65. The molecule has 2 aromatic carbocycles. The summed E-state index contributed by atoms with van der Waals surface area (Å²) in [5.74, 6) is 0. The Morgan fingerprint density at radius 1 is 1.05 bits per heavy atom. The molecule has 0 aliphatic heterocycles. The van der Waals surface area contributed by atoms with Crippen molar-refractivity contribution in [2.75, 3.05) is 0 Å². The molecule has 1 nitrogen and oxygen atoms in total. The second kappa shape index (κ2) is 6.42. The summed E-state index contributed by atoms with van der Waals surface area (Å²) in [6.45, 7) is 5.41. The van der Waals surface area contributed by atoms with Crippen LogP contribution in [0.5, 0.6) is 0 Å². The molecule has 21 heavy (non-hydrogen) atoms. The van der Waals surface area contributed by atoms with Crippen molar-refractivity contribution >= 4 is 22.1 Å². The van der Waals surface area contributed by atoms with Crippen molar-refractivity contribution in [3.63, 3.8) is 0 Å². The predicted molar refractivity (Wildman–Crippen MR) is 92.9 cm³/mol. The fourth-order valence-electron chi connectivity index (χ4n) is 2.68. The smallest absolute Gasteiger partial charge is 0.0308 e. The first-order valence-corrected chi connectivity index (χ1v) is 8.43. The van der Waals surface area contributed by atoms with Gasteiger partial charge in [-0.05, 0) is 52.8 Å². The quantitative estimate of drug-likeness (QED) is 0.672. The Morgan fingerprint density at radius 3 is 2.67 bits per heavy atom. The standard InChI is InChI=1S/C19H21NS/c1-3-15-10-11-21-19(15)13-20-14(2)17-9-8-16-6-4-5-7-18(16)12-17/h4-12,14,20H,3,13H2,1-2H3. The Balaban J connectivity index is 1.73. The SMILES string of the molecule is CCc1ccsc1CNC(C)c1ccc2ccccc2c1. The fourth-order valence-corrected chi connectivity index (χ4v) is 3.60. The van der Waals surface area contributed by atoms with Gasteiger partial charge in [0.15, 0.2) is 0 Å². The third-order valence-electron chi connectivity index (χ3n) is 4.06. The lowest BCUT2D eigenvalue weighted by Gasteiger charge is -2.15. The van der Waals surface area contributed by atoms with Crippen LogP contribution in [-0.2, 0) is 13.0 Å². The van der Waals surface area contributed by atoms with E-state index in [0.717, 1.165) is 13.0 Å². The van der Waals surface area contributed by atoms with Crippen LogP contribution in [0, 0.1) is 0 Å². The fraction of sp³-hybridized carbons (Fsp3) is 0.263. The zero-order valence-corrected chi connectivity index (χ0v) is 13.4. The minimum Gasteiger partial charge on any atom is -0.305 e. The van der Waals surface area contributed by atoms with Gasteiger partial charge >= 0.3 is 0 Å².